The largest absolute Gasteiger partial charge is 0.332 e. The predicted molar refractivity (Wildman–Crippen MR) is 77.9 cm³/mol. The molecule has 0 spiro atoms. The lowest BCUT2D eigenvalue weighted by Crippen LogP contribution is -2.42. The number of nitrogens with zero attached hydrogens (tertiary/aromatic N) is 2. The van der Waals surface area contributed by atoms with Crippen LogP contribution >= 0.6 is 0 Å². The summed E-state index contributed by atoms with van der Waals surface area (Å²) in [6.45, 7) is 7.84. The fourth-order valence-electron chi connectivity index (χ4n) is 2.50. The van der Waals surface area contributed by atoms with Crippen molar-refractivity contribution in [3.8, 4) is 0 Å². The summed E-state index contributed by atoms with van der Waals surface area (Å²) < 4.78 is 27.0. The predicted octanol–water partition coefficient (Wildman–Crippen LogP) is 1.12. The Balaban J connectivity index is 2.19. The van der Waals surface area contributed by atoms with E-state index < -0.39 is 10.0 Å². The first kappa shape index (κ1) is 15.5. The van der Waals surface area contributed by atoms with E-state index >= 15 is 0 Å². The van der Waals surface area contributed by atoms with Crippen LogP contribution in [0.2, 0.25) is 0 Å². The number of aromatic nitrogens is 2. The van der Waals surface area contributed by atoms with Crippen LogP contribution in [0.3, 0.4) is 0 Å². The molecule has 2 heterocycles. The van der Waals surface area contributed by atoms with Crippen molar-refractivity contribution in [2.24, 2.45) is 5.92 Å². The van der Waals surface area contributed by atoms with Gasteiger partial charge in [-0.1, -0.05) is 13.8 Å². The van der Waals surface area contributed by atoms with E-state index in [2.05, 4.69) is 15.3 Å². The van der Waals surface area contributed by atoms with Crippen LogP contribution in [0.25, 0.3) is 0 Å². The summed E-state index contributed by atoms with van der Waals surface area (Å²) in [5, 5.41) is 3.55. The molecule has 1 fully saturated rings. The summed E-state index contributed by atoms with van der Waals surface area (Å²) >= 11 is 0. The molecule has 1 saturated heterocycles. The van der Waals surface area contributed by atoms with E-state index in [4.69, 9.17) is 0 Å². The molecular formula is C13H24N4O2S. The molecule has 2 rings (SSSR count). The van der Waals surface area contributed by atoms with Gasteiger partial charge in [-0.3, -0.25) is 0 Å². The third-order valence-electron chi connectivity index (χ3n) is 3.45. The van der Waals surface area contributed by atoms with Gasteiger partial charge in [0.15, 0.2) is 5.03 Å². The molecule has 1 aromatic heterocycles. The Morgan fingerprint density at radius 2 is 2.25 bits per heavy atom. The lowest BCUT2D eigenvalue weighted by atomic mass is 10.2. The number of nitrogens with one attached hydrogen (secondary N) is 2. The molecule has 1 atom stereocenters. The minimum absolute atomic E-state index is 0.189. The highest BCUT2D eigenvalue weighted by Gasteiger charge is 2.30. The number of imidazole rings is 1. The van der Waals surface area contributed by atoms with Gasteiger partial charge in [-0.05, 0) is 32.2 Å². The van der Waals surface area contributed by atoms with Crippen molar-refractivity contribution >= 4 is 10.0 Å². The highest BCUT2D eigenvalue weighted by molar-refractivity contribution is 7.89. The highest BCUT2D eigenvalue weighted by Crippen LogP contribution is 2.18. The standard InChI is InChI=1S/C13H24N4O2S/c1-10(2)8-17(9-12-5-4-6-14-12)20(18,19)13-7-15-11(3)16-13/h7,10,12,14H,4-6,8-9H2,1-3H3,(H,15,16). The first-order valence-electron chi connectivity index (χ1n) is 7.14. The van der Waals surface area contributed by atoms with Crippen molar-refractivity contribution < 1.29 is 8.42 Å². The van der Waals surface area contributed by atoms with Crippen molar-refractivity contribution in [3.05, 3.63) is 12.0 Å². The molecule has 0 saturated carbocycles. The topological polar surface area (TPSA) is 78.1 Å². The summed E-state index contributed by atoms with van der Waals surface area (Å²) in [7, 11) is -3.49. The van der Waals surface area contributed by atoms with E-state index in [0.29, 0.717) is 18.9 Å². The first-order chi connectivity index (χ1) is 9.39. The van der Waals surface area contributed by atoms with Gasteiger partial charge < -0.3 is 10.3 Å². The molecule has 1 aliphatic rings. The lowest BCUT2D eigenvalue weighted by Gasteiger charge is -2.26. The van der Waals surface area contributed by atoms with Gasteiger partial charge in [-0.25, -0.2) is 13.4 Å². The number of aryl methyl sites for hydroxylation is 1. The van der Waals surface area contributed by atoms with Gasteiger partial charge in [-0.15, -0.1) is 0 Å². The van der Waals surface area contributed by atoms with E-state index in [1.165, 1.54) is 6.20 Å². The van der Waals surface area contributed by atoms with E-state index in [0.717, 1.165) is 19.4 Å². The Morgan fingerprint density at radius 3 is 2.75 bits per heavy atom. The van der Waals surface area contributed by atoms with Gasteiger partial charge >= 0.3 is 0 Å². The summed E-state index contributed by atoms with van der Waals surface area (Å²) in [4.78, 5) is 6.83. The summed E-state index contributed by atoms with van der Waals surface area (Å²) in [6.07, 6.45) is 3.55. The number of sulfonamides is 1. The second-order valence-electron chi connectivity index (χ2n) is 5.84. The summed E-state index contributed by atoms with van der Waals surface area (Å²) in [6, 6.07) is 0.257. The molecule has 0 aliphatic carbocycles. The molecule has 20 heavy (non-hydrogen) atoms. The Kier molecular flexibility index (Phi) is 4.82. The molecule has 1 unspecified atom stereocenters. The number of hydrogen-bond donors (Lipinski definition) is 2. The average Bonchev–Trinajstić information content (AvgIpc) is 2.99. The monoisotopic (exact) mass is 300 g/mol. The molecule has 0 amide bonds. The molecule has 0 radical (unpaired) electrons. The third kappa shape index (κ3) is 3.59. The fraction of sp³-hybridized carbons (Fsp3) is 0.769. The zero-order valence-electron chi connectivity index (χ0n) is 12.4. The lowest BCUT2D eigenvalue weighted by molar-refractivity contribution is 0.335. The molecule has 7 heteroatoms. The second-order valence-corrected chi connectivity index (χ2v) is 7.75. The third-order valence-corrected chi connectivity index (χ3v) is 5.19. The van der Waals surface area contributed by atoms with Crippen molar-refractivity contribution in [3.63, 3.8) is 0 Å². The molecular weight excluding hydrogens is 276 g/mol. The van der Waals surface area contributed by atoms with Gasteiger partial charge in [0.05, 0.1) is 6.20 Å². The highest BCUT2D eigenvalue weighted by atomic mass is 32.2. The molecule has 2 N–H and O–H groups in total. The van der Waals surface area contributed by atoms with Crippen LogP contribution in [0, 0.1) is 12.8 Å². The zero-order chi connectivity index (χ0) is 14.8. The smallest absolute Gasteiger partial charge is 0.260 e. The van der Waals surface area contributed by atoms with Crippen LogP contribution in [-0.2, 0) is 10.0 Å². The van der Waals surface area contributed by atoms with Crippen molar-refractivity contribution in [2.45, 2.75) is 44.7 Å². The Bertz CT molecular complexity index is 532. The quantitative estimate of drug-likeness (QED) is 0.825. The molecule has 1 aromatic rings. The molecule has 0 aromatic carbocycles. The van der Waals surface area contributed by atoms with E-state index in [1.54, 1.807) is 11.2 Å². The maximum absolute atomic E-state index is 12.7. The zero-order valence-corrected chi connectivity index (χ0v) is 13.2. The van der Waals surface area contributed by atoms with E-state index in [-0.39, 0.29) is 17.0 Å². The van der Waals surface area contributed by atoms with Crippen molar-refractivity contribution in [2.75, 3.05) is 19.6 Å². The molecule has 1 aliphatic heterocycles. The van der Waals surface area contributed by atoms with Gasteiger partial charge in [0.2, 0.25) is 0 Å². The van der Waals surface area contributed by atoms with Crippen molar-refractivity contribution in [1.82, 2.24) is 19.6 Å². The van der Waals surface area contributed by atoms with Crippen LogP contribution in [0.15, 0.2) is 11.2 Å². The Hall–Kier alpha value is -0.920. The number of aromatic amines is 1. The Morgan fingerprint density at radius 1 is 1.50 bits per heavy atom. The SMILES string of the molecule is Cc1ncc(S(=O)(=O)N(CC(C)C)CC2CCCN2)[nH]1. The normalized spacial score (nSPS) is 20.1. The van der Waals surface area contributed by atoms with Crippen LogP contribution in [0.1, 0.15) is 32.5 Å². The van der Waals surface area contributed by atoms with Gasteiger partial charge in [-0.2, -0.15) is 4.31 Å². The molecule has 6 nitrogen and oxygen atoms in total. The Labute approximate surface area is 121 Å². The summed E-state index contributed by atoms with van der Waals surface area (Å²) in [5.74, 6) is 0.905. The van der Waals surface area contributed by atoms with Gasteiger partial charge in [0.25, 0.3) is 10.0 Å². The van der Waals surface area contributed by atoms with Gasteiger partial charge in [0, 0.05) is 19.1 Å². The minimum Gasteiger partial charge on any atom is -0.332 e. The van der Waals surface area contributed by atoms with Crippen LogP contribution in [0.4, 0.5) is 0 Å². The maximum atomic E-state index is 12.7. The van der Waals surface area contributed by atoms with E-state index in [9.17, 15) is 8.42 Å². The average molecular weight is 300 g/mol. The van der Waals surface area contributed by atoms with Crippen LogP contribution in [0.5, 0.6) is 0 Å². The maximum Gasteiger partial charge on any atom is 0.260 e. The molecule has 114 valence electrons. The minimum atomic E-state index is -3.49. The first-order valence-corrected chi connectivity index (χ1v) is 8.58. The van der Waals surface area contributed by atoms with Crippen LogP contribution < -0.4 is 5.32 Å². The van der Waals surface area contributed by atoms with Crippen LogP contribution in [-0.4, -0.2) is 48.4 Å². The van der Waals surface area contributed by atoms with E-state index in [1.807, 2.05) is 13.8 Å². The van der Waals surface area contributed by atoms with Crippen molar-refractivity contribution in [1.29, 1.82) is 0 Å². The second kappa shape index (κ2) is 6.24. The number of hydrogen-bond acceptors (Lipinski definition) is 4. The van der Waals surface area contributed by atoms with Gasteiger partial charge in [0.1, 0.15) is 5.82 Å². The number of rotatable bonds is 6. The number of H-pyrrole nitrogens is 1. The molecule has 0 bridgehead atoms. The summed E-state index contributed by atoms with van der Waals surface area (Å²) in [5.41, 5.74) is 0. The fourth-order valence-corrected chi connectivity index (χ4v) is 4.12.